The summed E-state index contributed by atoms with van der Waals surface area (Å²) >= 11 is 0. The molecule has 18 heavy (non-hydrogen) atoms. The fourth-order valence-corrected chi connectivity index (χ4v) is 3.30. The number of amides is 1. The second kappa shape index (κ2) is 5.20. The van der Waals surface area contributed by atoms with E-state index in [2.05, 4.69) is 31.4 Å². The third kappa shape index (κ3) is 2.87. The highest BCUT2D eigenvalue weighted by Gasteiger charge is 2.46. The van der Waals surface area contributed by atoms with Crippen molar-refractivity contribution < 1.29 is 4.79 Å². The van der Waals surface area contributed by atoms with Crippen LogP contribution in [0, 0.1) is 16.7 Å². The maximum Gasteiger partial charge on any atom is 0.226 e. The molecule has 1 aliphatic carbocycles. The molecule has 0 bridgehead atoms. The van der Waals surface area contributed by atoms with Gasteiger partial charge in [0.1, 0.15) is 0 Å². The molecule has 3 nitrogen and oxygen atoms in total. The first-order chi connectivity index (χ1) is 8.50. The molecule has 1 amide bonds. The first-order valence-corrected chi connectivity index (χ1v) is 7.49. The zero-order valence-electron chi connectivity index (χ0n) is 12.1. The molecule has 1 saturated heterocycles. The Morgan fingerprint density at radius 3 is 2.44 bits per heavy atom. The molecular weight excluding hydrogens is 224 g/mol. The molecule has 1 unspecified atom stereocenters. The van der Waals surface area contributed by atoms with E-state index in [1.165, 1.54) is 6.42 Å². The van der Waals surface area contributed by atoms with Crippen molar-refractivity contribution in [1.82, 2.24) is 10.6 Å². The molecular formula is C15H28N2O. The molecule has 1 heterocycles. The molecule has 2 aliphatic rings. The van der Waals surface area contributed by atoms with Gasteiger partial charge in [0.25, 0.3) is 0 Å². The largest absolute Gasteiger partial charge is 0.355 e. The van der Waals surface area contributed by atoms with E-state index in [1.54, 1.807) is 0 Å². The van der Waals surface area contributed by atoms with Crippen LogP contribution in [0.15, 0.2) is 0 Å². The lowest BCUT2D eigenvalue weighted by Crippen LogP contribution is -2.48. The van der Waals surface area contributed by atoms with E-state index in [0.717, 1.165) is 45.3 Å². The summed E-state index contributed by atoms with van der Waals surface area (Å²) in [6.45, 7) is 9.61. The number of rotatable bonds is 5. The molecule has 0 spiro atoms. The van der Waals surface area contributed by atoms with Crippen molar-refractivity contribution in [2.45, 2.75) is 52.9 Å². The van der Waals surface area contributed by atoms with Gasteiger partial charge in [0.05, 0.1) is 5.41 Å². The normalized spacial score (nSPS) is 28.7. The predicted octanol–water partition coefficient (Wildman–Crippen LogP) is 2.32. The van der Waals surface area contributed by atoms with Crippen LogP contribution in [0.5, 0.6) is 0 Å². The summed E-state index contributed by atoms with van der Waals surface area (Å²) in [7, 11) is 0. The van der Waals surface area contributed by atoms with E-state index >= 15 is 0 Å². The van der Waals surface area contributed by atoms with Gasteiger partial charge < -0.3 is 10.6 Å². The Morgan fingerprint density at radius 2 is 1.94 bits per heavy atom. The average Bonchev–Trinajstić information content (AvgIpc) is 2.95. The fourth-order valence-electron chi connectivity index (χ4n) is 3.30. The standard InChI is InChI=1S/C15H28N2O/c1-4-5-15(6-8-16-9-7-15)13(18)17-11-12-10-14(12,2)3/h12,16H,4-11H2,1-3H3,(H,17,18). The molecule has 2 rings (SSSR count). The Morgan fingerprint density at radius 1 is 1.33 bits per heavy atom. The monoisotopic (exact) mass is 252 g/mol. The van der Waals surface area contributed by atoms with Crippen molar-refractivity contribution in [3.8, 4) is 0 Å². The van der Waals surface area contributed by atoms with Gasteiger partial charge in [0, 0.05) is 6.54 Å². The quantitative estimate of drug-likeness (QED) is 0.788. The van der Waals surface area contributed by atoms with Gasteiger partial charge in [-0.1, -0.05) is 27.2 Å². The number of carbonyl (C=O) groups excluding carboxylic acids is 1. The third-order valence-corrected chi connectivity index (χ3v) is 5.00. The van der Waals surface area contributed by atoms with Crippen molar-refractivity contribution in [3.05, 3.63) is 0 Å². The van der Waals surface area contributed by atoms with Crippen LogP contribution >= 0.6 is 0 Å². The van der Waals surface area contributed by atoms with E-state index in [0.29, 0.717) is 17.2 Å². The zero-order valence-corrected chi connectivity index (χ0v) is 12.1. The van der Waals surface area contributed by atoms with Gasteiger partial charge >= 0.3 is 0 Å². The molecule has 0 aromatic carbocycles. The summed E-state index contributed by atoms with van der Waals surface area (Å²) in [6.07, 6.45) is 5.40. The van der Waals surface area contributed by atoms with E-state index in [4.69, 9.17) is 0 Å². The third-order valence-electron chi connectivity index (χ3n) is 5.00. The van der Waals surface area contributed by atoms with Crippen LogP contribution in [0.3, 0.4) is 0 Å². The Bertz CT molecular complexity index is 300. The van der Waals surface area contributed by atoms with Gasteiger partial charge in [0.2, 0.25) is 5.91 Å². The Labute approximate surface area is 111 Å². The van der Waals surface area contributed by atoms with Gasteiger partial charge in [0.15, 0.2) is 0 Å². The maximum atomic E-state index is 12.5. The highest BCUT2D eigenvalue weighted by molar-refractivity contribution is 5.82. The molecule has 0 aromatic rings. The van der Waals surface area contributed by atoms with Crippen molar-refractivity contribution >= 4 is 5.91 Å². The zero-order chi connectivity index (χ0) is 13.2. The SMILES string of the molecule is CCCC1(C(=O)NCC2CC2(C)C)CCNCC1. The Hall–Kier alpha value is -0.570. The van der Waals surface area contributed by atoms with Crippen molar-refractivity contribution in [3.63, 3.8) is 0 Å². The minimum Gasteiger partial charge on any atom is -0.355 e. The lowest BCUT2D eigenvalue weighted by atomic mass is 9.74. The van der Waals surface area contributed by atoms with Crippen LogP contribution in [-0.2, 0) is 4.79 Å². The van der Waals surface area contributed by atoms with E-state index in [-0.39, 0.29) is 5.41 Å². The molecule has 1 saturated carbocycles. The van der Waals surface area contributed by atoms with Crippen LogP contribution in [-0.4, -0.2) is 25.5 Å². The molecule has 3 heteroatoms. The molecule has 104 valence electrons. The first kappa shape index (κ1) is 13.9. The summed E-state index contributed by atoms with van der Waals surface area (Å²) in [6, 6.07) is 0. The topological polar surface area (TPSA) is 41.1 Å². The predicted molar refractivity (Wildman–Crippen MR) is 74.3 cm³/mol. The van der Waals surface area contributed by atoms with E-state index in [1.807, 2.05) is 0 Å². The highest BCUT2D eigenvalue weighted by atomic mass is 16.2. The van der Waals surface area contributed by atoms with Gasteiger partial charge in [-0.25, -0.2) is 0 Å². The minimum atomic E-state index is -0.0843. The summed E-state index contributed by atoms with van der Waals surface area (Å²) in [5.74, 6) is 1.01. The minimum absolute atomic E-state index is 0.0843. The fraction of sp³-hybridized carbons (Fsp3) is 0.933. The Balaban J connectivity index is 1.87. The molecule has 1 atom stereocenters. The molecule has 0 radical (unpaired) electrons. The van der Waals surface area contributed by atoms with Gasteiger partial charge in [-0.15, -0.1) is 0 Å². The average molecular weight is 252 g/mol. The molecule has 2 fully saturated rings. The van der Waals surface area contributed by atoms with Crippen LogP contribution < -0.4 is 10.6 Å². The number of nitrogens with one attached hydrogen (secondary N) is 2. The second-order valence-corrected chi connectivity index (χ2v) is 6.88. The van der Waals surface area contributed by atoms with Gasteiger partial charge in [-0.3, -0.25) is 4.79 Å². The second-order valence-electron chi connectivity index (χ2n) is 6.88. The van der Waals surface area contributed by atoms with Crippen LogP contribution in [0.25, 0.3) is 0 Å². The summed E-state index contributed by atoms with van der Waals surface area (Å²) < 4.78 is 0. The summed E-state index contributed by atoms with van der Waals surface area (Å²) in [4.78, 5) is 12.5. The summed E-state index contributed by atoms with van der Waals surface area (Å²) in [5, 5.41) is 6.59. The lowest BCUT2D eigenvalue weighted by Gasteiger charge is -2.36. The number of hydrogen-bond acceptors (Lipinski definition) is 2. The molecule has 0 aromatic heterocycles. The Kier molecular flexibility index (Phi) is 4.00. The highest BCUT2D eigenvalue weighted by Crippen LogP contribution is 2.51. The van der Waals surface area contributed by atoms with Crippen molar-refractivity contribution in [1.29, 1.82) is 0 Å². The van der Waals surface area contributed by atoms with Gasteiger partial charge in [-0.05, 0) is 50.1 Å². The van der Waals surface area contributed by atoms with E-state index < -0.39 is 0 Å². The molecule has 1 aliphatic heterocycles. The summed E-state index contributed by atoms with van der Waals surface area (Å²) in [5.41, 5.74) is 0.373. The number of hydrogen-bond donors (Lipinski definition) is 2. The number of carbonyl (C=O) groups is 1. The maximum absolute atomic E-state index is 12.5. The van der Waals surface area contributed by atoms with Crippen LogP contribution in [0.2, 0.25) is 0 Å². The van der Waals surface area contributed by atoms with Crippen LogP contribution in [0.1, 0.15) is 52.9 Å². The first-order valence-electron chi connectivity index (χ1n) is 7.49. The smallest absolute Gasteiger partial charge is 0.226 e. The van der Waals surface area contributed by atoms with Crippen molar-refractivity contribution in [2.24, 2.45) is 16.7 Å². The molecule has 2 N–H and O–H groups in total. The van der Waals surface area contributed by atoms with Gasteiger partial charge in [-0.2, -0.15) is 0 Å². The van der Waals surface area contributed by atoms with E-state index in [9.17, 15) is 4.79 Å². The number of piperidine rings is 1. The lowest BCUT2D eigenvalue weighted by molar-refractivity contribution is -0.133. The van der Waals surface area contributed by atoms with Crippen molar-refractivity contribution in [2.75, 3.05) is 19.6 Å². The van der Waals surface area contributed by atoms with Crippen LogP contribution in [0.4, 0.5) is 0 Å².